The minimum atomic E-state index is -0.766. The zero-order valence-electron chi connectivity index (χ0n) is 47.6. The van der Waals surface area contributed by atoms with Crippen LogP contribution in [0, 0.1) is 0 Å². The van der Waals surface area contributed by atoms with Crippen LogP contribution in [0.4, 0.5) is 0 Å². The second-order valence-corrected chi connectivity index (χ2v) is 21.7. The van der Waals surface area contributed by atoms with Gasteiger partial charge in [0.1, 0.15) is 13.2 Å². The van der Waals surface area contributed by atoms with Crippen molar-refractivity contribution in [1.82, 2.24) is 0 Å². The van der Waals surface area contributed by atoms with Crippen molar-refractivity contribution in [1.29, 1.82) is 0 Å². The lowest BCUT2D eigenvalue weighted by Crippen LogP contribution is -2.30. The molecule has 1 atom stereocenters. The van der Waals surface area contributed by atoms with Crippen LogP contribution in [-0.2, 0) is 28.6 Å². The quantitative estimate of drug-likeness (QED) is 0.0261. The molecule has 0 aliphatic carbocycles. The molecule has 0 bridgehead atoms. The third-order valence-corrected chi connectivity index (χ3v) is 14.5. The van der Waals surface area contributed by atoms with E-state index in [1.165, 1.54) is 250 Å². The van der Waals surface area contributed by atoms with E-state index in [1.54, 1.807) is 0 Å². The van der Waals surface area contributed by atoms with Gasteiger partial charge in [0.2, 0.25) is 0 Å². The summed E-state index contributed by atoms with van der Waals surface area (Å²) in [6.45, 7) is 6.57. The van der Waals surface area contributed by atoms with E-state index in [2.05, 4.69) is 32.9 Å². The molecule has 0 rings (SSSR count). The van der Waals surface area contributed by atoms with Gasteiger partial charge in [-0.05, 0) is 44.9 Å². The predicted octanol–water partition coefficient (Wildman–Crippen LogP) is 21.3. The minimum absolute atomic E-state index is 0.0694. The first-order valence-electron chi connectivity index (χ1n) is 31.7. The van der Waals surface area contributed by atoms with Gasteiger partial charge in [0.25, 0.3) is 0 Å². The first kappa shape index (κ1) is 68.2. The lowest BCUT2D eigenvalue weighted by Gasteiger charge is -2.18. The summed E-state index contributed by atoms with van der Waals surface area (Å²) in [5, 5.41) is 0. The molecule has 6 nitrogen and oxygen atoms in total. The van der Waals surface area contributed by atoms with E-state index in [4.69, 9.17) is 14.2 Å². The van der Waals surface area contributed by atoms with Gasteiger partial charge >= 0.3 is 17.9 Å². The minimum Gasteiger partial charge on any atom is -0.462 e. The van der Waals surface area contributed by atoms with Crippen molar-refractivity contribution in [2.24, 2.45) is 0 Å². The molecule has 0 saturated heterocycles. The molecule has 6 heteroatoms. The number of carbonyl (C=O) groups is 3. The van der Waals surface area contributed by atoms with E-state index >= 15 is 0 Å². The Morgan fingerprint density at radius 1 is 0.271 bits per heavy atom. The number of hydrogen-bond donors (Lipinski definition) is 0. The van der Waals surface area contributed by atoms with Gasteiger partial charge in [-0.1, -0.05) is 309 Å². The second-order valence-electron chi connectivity index (χ2n) is 21.7. The first-order valence-corrected chi connectivity index (χ1v) is 31.7. The monoisotopic (exact) mass is 987 g/mol. The molecule has 1 unspecified atom stereocenters. The molecule has 0 aromatic rings. The summed E-state index contributed by atoms with van der Waals surface area (Å²) in [5.74, 6) is -0.875. The van der Waals surface area contributed by atoms with Gasteiger partial charge in [0.15, 0.2) is 6.10 Å². The molecule has 70 heavy (non-hydrogen) atoms. The van der Waals surface area contributed by atoms with Gasteiger partial charge in [-0.3, -0.25) is 14.4 Å². The maximum atomic E-state index is 12.7. The van der Waals surface area contributed by atoms with Crippen molar-refractivity contribution in [3.05, 3.63) is 12.2 Å². The van der Waals surface area contributed by atoms with E-state index in [1.807, 2.05) is 0 Å². The largest absolute Gasteiger partial charge is 0.462 e. The highest BCUT2D eigenvalue weighted by molar-refractivity contribution is 5.71. The summed E-state index contributed by atoms with van der Waals surface area (Å²) >= 11 is 0. The molecule has 0 aromatic heterocycles. The Morgan fingerprint density at radius 2 is 0.471 bits per heavy atom. The van der Waals surface area contributed by atoms with Crippen molar-refractivity contribution in [2.75, 3.05) is 13.2 Å². The molecule has 0 radical (unpaired) electrons. The SMILES string of the molecule is CCCCC/C=C\CCCCCCCC(=O)OC(COC(=O)CCCCCCC)COC(=O)CCCCCCCCCCCCCCCCCCCCCCCCCCCCCCCCCCCCC. The van der Waals surface area contributed by atoms with Crippen LogP contribution in [0.5, 0.6) is 0 Å². The van der Waals surface area contributed by atoms with Crippen LogP contribution in [0.1, 0.15) is 361 Å². The van der Waals surface area contributed by atoms with Crippen LogP contribution in [0.25, 0.3) is 0 Å². The number of carbonyl (C=O) groups excluding carboxylic acids is 3. The maximum Gasteiger partial charge on any atom is 0.306 e. The predicted molar refractivity (Wildman–Crippen MR) is 303 cm³/mol. The van der Waals surface area contributed by atoms with Gasteiger partial charge in [0.05, 0.1) is 0 Å². The molecule has 414 valence electrons. The molecular formula is C64H122O6. The lowest BCUT2D eigenvalue weighted by atomic mass is 10.0. The normalized spacial score (nSPS) is 12.0. The van der Waals surface area contributed by atoms with E-state index in [9.17, 15) is 14.4 Å². The van der Waals surface area contributed by atoms with Gasteiger partial charge < -0.3 is 14.2 Å². The average Bonchev–Trinajstić information content (AvgIpc) is 3.36. The van der Waals surface area contributed by atoms with E-state index < -0.39 is 6.10 Å². The highest BCUT2D eigenvalue weighted by Gasteiger charge is 2.19. The molecule has 0 fully saturated rings. The standard InChI is InChI=1S/C64H122O6/c1-4-7-10-13-15-17-19-21-22-23-24-25-26-27-28-29-30-31-32-33-34-35-36-37-38-39-40-41-42-43-45-46-48-51-54-57-63(66)69-60-61(59-68-62(65)56-53-50-12-9-6-3)70-64(67)58-55-52-49-47-44-20-18-16-14-11-8-5-2/h16,18,61H,4-15,17,19-60H2,1-3H3/b18-16-. The summed E-state index contributed by atoms with van der Waals surface area (Å²) in [5.41, 5.74) is 0. The Bertz CT molecular complexity index is 1090. The van der Waals surface area contributed by atoms with Crippen molar-refractivity contribution < 1.29 is 28.6 Å². The highest BCUT2D eigenvalue weighted by Crippen LogP contribution is 2.18. The molecule has 0 amide bonds. The number of hydrogen-bond acceptors (Lipinski definition) is 6. The molecule has 0 aliphatic rings. The van der Waals surface area contributed by atoms with Crippen molar-refractivity contribution in [2.45, 2.75) is 367 Å². The molecule has 0 N–H and O–H groups in total. The molecule has 0 heterocycles. The Morgan fingerprint density at radius 3 is 0.743 bits per heavy atom. The van der Waals surface area contributed by atoms with Crippen molar-refractivity contribution >= 4 is 17.9 Å². The smallest absolute Gasteiger partial charge is 0.306 e. The van der Waals surface area contributed by atoms with Crippen LogP contribution in [-0.4, -0.2) is 37.2 Å². The van der Waals surface area contributed by atoms with Crippen LogP contribution in [0.2, 0.25) is 0 Å². The van der Waals surface area contributed by atoms with E-state index in [0.717, 1.165) is 70.6 Å². The molecular weight excluding hydrogens is 865 g/mol. The Balaban J connectivity index is 3.77. The first-order chi connectivity index (χ1) is 34.5. The Kier molecular flexibility index (Phi) is 58.1. The average molecular weight is 988 g/mol. The van der Waals surface area contributed by atoms with Crippen molar-refractivity contribution in [3.63, 3.8) is 0 Å². The van der Waals surface area contributed by atoms with Crippen molar-refractivity contribution in [3.8, 4) is 0 Å². The van der Waals surface area contributed by atoms with Crippen LogP contribution >= 0.6 is 0 Å². The van der Waals surface area contributed by atoms with Gasteiger partial charge in [-0.15, -0.1) is 0 Å². The number of unbranched alkanes of at least 4 members (excludes halogenated alkanes) is 46. The van der Waals surface area contributed by atoms with E-state index in [0.29, 0.717) is 19.3 Å². The summed E-state index contributed by atoms with van der Waals surface area (Å²) < 4.78 is 16.7. The summed E-state index contributed by atoms with van der Waals surface area (Å²) in [7, 11) is 0. The number of esters is 3. The Hall–Kier alpha value is -1.85. The van der Waals surface area contributed by atoms with E-state index in [-0.39, 0.29) is 31.1 Å². The summed E-state index contributed by atoms with van der Waals surface area (Å²) in [6, 6.07) is 0. The fraction of sp³-hybridized carbons (Fsp3) is 0.922. The van der Waals surface area contributed by atoms with Gasteiger partial charge in [-0.2, -0.15) is 0 Å². The number of rotatable bonds is 59. The fourth-order valence-corrected chi connectivity index (χ4v) is 9.74. The number of ether oxygens (including phenoxy) is 3. The molecule has 0 aliphatic heterocycles. The zero-order chi connectivity index (χ0) is 50.7. The number of allylic oxidation sites excluding steroid dienone is 2. The van der Waals surface area contributed by atoms with Gasteiger partial charge in [-0.25, -0.2) is 0 Å². The Labute approximate surface area is 437 Å². The van der Waals surface area contributed by atoms with Crippen LogP contribution < -0.4 is 0 Å². The van der Waals surface area contributed by atoms with Crippen LogP contribution in [0.3, 0.4) is 0 Å². The zero-order valence-corrected chi connectivity index (χ0v) is 47.6. The van der Waals surface area contributed by atoms with Gasteiger partial charge in [0, 0.05) is 19.3 Å². The topological polar surface area (TPSA) is 78.9 Å². The lowest BCUT2D eigenvalue weighted by molar-refractivity contribution is -0.167. The third-order valence-electron chi connectivity index (χ3n) is 14.5. The maximum absolute atomic E-state index is 12.7. The van der Waals surface area contributed by atoms with Crippen LogP contribution in [0.15, 0.2) is 12.2 Å². The third kappa shape index (κ3) is 57.1. The summed E-state index contributed by atoms with van der Waals surface area (Å²) in [4.78, 5) is 37.7. The fourth-order valence-electron chi connectivity index (χ4n) is 9.74. The summed E-state index contributed by atoms with van der Waals surface area (Å²) in [6.07, 6.45) is 70.2. The highest BCUT2D eigenvalue weighted by atomic mass is 16.6. The molecule has 0 aromatic carbocycles. The molecule has 0 saturated carbocycles. The molecule has 0 spiro atoms. The second kappa shape index (κ2) is 59.7.